The monoisotopic (exact) mass is 339 g/mol. The van der Waals surface area contributed by atoms with Crippen LogP contribution in [-0.4, -0.2) is 46.8 Å². The van der Waals surface area contributed by atoms with Gasteiger partial charge >= 0.3 is 0 Å². The number of halogens is 1. The van der Waals surface area contributed by atoms with Crippen LogP contribution in [0.2, 0.25) is 0 Å². The first-order valence-electron chi connectivity index (χ1n) is 6.96. The van der Waals surface area contributed by atoms with Crippen molar-refractivity contribution in [2.24, 2.45) is 0 Å². The molecule has 9 heteroatoms. The molecular formula is C14H18FN5O2S. The third-order valence-corrected chi connectivity index (χ3v) is 3.89. The van der Waals surface area contributed by atoms with Gasteiger partial charge in [0.15, 0.2) is 5.82 Å². The van der Waals surface area contributed by atoms with Gasteiger partial charge < -0.3 is 15.9 Å². The molecule has 1 heterocycles. The Bertz CT molecular complexity index is 647. The van der Waals surface area contributed by atoms with Crippen LogP contribution in [0.4, 0.5) is 4.39 Å². The van der Waals surface area contributed by atoms with E-state index in [1.165, 1.54) is 28.6 Å². The Hall–Kier alpha value is -2.13. The zero-order valence-electron chi connectivity index (χ0n) is 12.7. The first-order valence-corrected chi connectivity index (χ1v) is 7.95. The molecule has 0 unspecified atom stereocenters. The summed E-state index contributed by atoms with van der Waals surface area (Å²) in [6.45, 7) is 1.16. The predicted molar refractivity (Wildman–Crippen MR) is 85.8 cm³/mol. The van der Waals surface area contributed by atoms with E-state index in [4.69, 9.17) is 10.6 Å². The van der Waals surface area contributed by atoms with Gasteiger partial charge in [-0.15, -0.1) is 10.2 Å². The SMILES string of the molecule is COCCCNC(=O)CSc1nnc(-c2ccc(F)cc2)n1N. The van der Waals surface area contributed by atoms with E-state index in [9.17, 15) is 9.18 Å². The van der Waals surface area contributed by atoms with Gasteiger partial charge in [-0.3, -0.25) is 4.79 Å². The highest BCUT2D eigenvalue weighted by atomic mass is 32.2. The van der Waals surface area contributed by atoms with E-state index in [0.29, 0.717) is 29.7 Å². The van der Waals surface area contributed by atoms with Crippen molar-refractivity contribution in [3.05, 3.63) is 30.1 Å². The Kier molecular flexibility index (Phi) is 6.36. The number of nitrogens with two attached hydrogens (primary N) is 1. The molecule has 0 radical (unpaired) electrons. The number of methoxy groups -OCH3 is 1. The third kappa shape index (κ3) is 4.93. The van der Waals surface area contributed by atoms with Gasteiger partial charge in [-0.05, 0) is 30.7 Å². The lowest BCUT2D eigenvalue weighted by Gasteiger charge is -2.05. The minimum Gasteiger partial charge on any atom is -0.385 e. The van der Waals surface area contributed by atoms with Gasteiger partial charge in [-0.2, -0.15) is 0 Å². The highest BCUT2D eigenvalue weighted by Gasteiger charge is 2.13. The summed E-state index contributed by atoms with van der Waals surface area (Å²) in [6.07, 6.45) is 0.759. The minimum atomic E-state index is -0.337. The molecular weight excluding hydrogens is 321 g/mol. The summed E-state index contributed by atoms with van der Waals surface area (Å²) in [5, 5.41) is 11.1. The molecule has 7 nitrogen and oxygen atoms in total. The zero-order chi connectivity index (χ0) is 16.7. The fourth-order valence-corrected chi connectivity index (χ4v) is 2.48. The van der Waals surface area contributed by atoms with E-state index in [-0.39, 0.29) is 17.5 Å². The second-order valence-corrected chi connectivity index (χ2v) is 5.61. The molecule has 1 aromatic heterocycles. The van der Waals surface area contributed by atoms with Crippen LogP contribution in [-0.2, 0) is 9.53 Å². The Morgan fingerprint density at radius 3 is 2.83 bits per heavy atom. The number of amides is 1. The number of carbonyl (C=O) groups is 1. The number of aromatic nitrogens is 3. The molecule has 0 saturated heterocycles. The number of rotatable bonds is 8. The number of nitrogens with zero attached hydrogens (tertiary/aromatic N) is 3. The zero-order valence-corrected chi connectivity index (χ0v) is 13.5. The lowest BCUT2D eigenvalue weighted by Crippen LogP contribution is -2.27. The lowest BCUT2D eigenvalue weighted by molar-refractivity contribution is -0.118. The Morgan fingerprint density at radius 1 is 1.39 bits per heavy atom. The Morgan fingerprint density at radius 2 is 2.13 bits per heavy atom. The van der Waals surface area contributed by atoms with E-state index < -0.39 is 0 Å². The molecule has 124 valence electrons. The van der Waals surface area contributed by atoms with Crippen LogP contribution < -0.4 is 11.2 Å². The molecule has 3 N–H and O–H groups in total. The number of benzene rings is 1. The second-order valence-electron chi connectivity index (χ2n) is 4.67. The maximum Gasteiger partial charge on any atom is 0.230 e. The molecule has 0 aliphatic heterocycles. The molecule has 0 atom stereocenters. The fourth-order valence-electron chi connectivity index (χ4n) is 1.80. The minimum absolute atomic E-state index is 0.113. The van der Waals surface area contributed by atoms with Crippen molar-refractivity contribution in [1.82, 2.24) is 20.2 Å². The molecule has 0 aliphatic carbocycles. The summed E-state index contributed by atoms with van der Waals surface area (Å²) in [5.41, 5.74) is 0.650. The van der Waals surface area contributed by atoms with Crippen LogP contribution in [0.3, 0.4) is 0 Å². The van der Waals surface area contributed by atoms with E-state index in [1.807, 2.05) is 0 Å². The largest absolute Gasteiger partial charge is 0.385 e. The first-order chi connectivity index (χ1) is 11.1. The number of hydrogen-bond donors (Lipinski definition) is 2. The number of hydrogen-bond acceptors (Lipinski definition) is 6. The molecule has 0 fully saturated rings. The smallest absolute Gasteiger partial charge is 0.230 e. The van der Waals surface area contributed by atoms with E-state index >= 15 is 0 Å². The summed E-state index contributed by atoms with van der Waals surface area (Å²) in [7, 11) is 1.62. The number of thioether (sulfide) groups is 1. The van der Waals surface area contributed by atoms with Crippen LogP contribution in [0.5, 0.6) is 0 Å². The second kappa shape index (κ2) is 8.49. The molecule has 1 aromatic carbocycles. The predicted octanol–water partition coefficient (Wildman–Crippen LogP) is 1.04. The van der Waals surface area contributed by atoms with Crippen LogP contribution in [0.1, 0.15) is 6.42 Å². The summed E-state index contributed by atoms with van der Waals surface area (Å²) in [6, 6.07) is 5.79. The summed E-state index contributed by atoms with van der Waals surface area (Å²) >= 11 is 1.18. The van der Waals surface area contributed by atoms with Crippen molar-refractivity contribution in [2.75, 3.05) is 31.9 Å². The van der Waals surface area contributed by atoms with Crippen molar-refractivity contribution in [1.29, 1.82) is 0 Å². The third-order valence-electron chi connectivity index (χ3n) is 2.95. The number of nitrogens with one attached hydrogen (secondary N) is 1. The maximum absolute atomic E-state index is 12.9. The Labute approximate surface area is 137 Å². The Balaban J connectivity index is 1.89. The van der Waals surface area contributed by atoms with Gasteiger partial charge in [0.2, 0.25) is 11.1 Å². The lowest BCUT2D eigenvalue weighted by atomic mass is 10.2. The molecule has 0 spiro atoms. The van der Waals surface area contributed by atoms with Crippen molar-refractivity contribution >= 4 is 17.7 Å². The van der Waals surface area contributed by atoms with Crippen molar-refractivity contribution in [2.45, 2.75) is 11.6 Å². The fraction of sp³-hybridized carbons (Fsp3) is 0.357. The van der Waals surface area contributed by atoms with Crippen LogP contribution in [0.15, 0.2) is 29.4 Å². The average Bonchev–Trinajstić information content (AvgIpc) is 2.91. The topological polar surface area (TPSA) is 95.1 Å². The number of carbonyl (C=O) groups excluding carboxylic acids is 1. The summed E-state index contributed by atoms with van der Waals surface area (Å²) < 4.78 is 19.1. The normalized spacial score (nSPS) is 10.7. The van der Waals surface area contributed by atoms with E-state index in [0.717, 1.165) is 6.42 Å². The highest BCUT2D eigenvalue weighted by Crippen LogP contribution is 2.21. The molecule has 1 amide bonds. The molecule has 23 heavy (non-hydrogen) atoms. The van der Waals surface area contributed by atoms with Gasteiger partial charge in [0, 0.05) is 25.8 Å². The van der Waals surface area contributed by atoms with Crippen LogP contribution in [0.25, 0.3) is 11.4 Å². The number of ether oxygens (including phenoxy) is 1. The summed E-state index contributed by atoms with van der Waals surface area (Å²) in [4.78, 5) is 11.7. The number of nitrogen functional groups attached to an aromatic ring is 1. The quantitative estimate of drug-likeness (QED) is 0.424. The van der Waals surface area contributed by atoms with Crippen molar-refractivity contribution < 1.29 is 13.9 Å². The van der Waals surface area contributed by atoms with Crippen LogP contribution >= 0.6 is 11.8 Å². The summed E-state index contributed by atoms with van der Waals surface area (Å²) in [5.74, 6) is 6.07. The molecule has 2 rings (SSSR count). The first kappa shape index (κ1) is 17.2. The van der Waals surface area contributed by atoms with E-state index in [2.05, 4.69) is 15.5 Å². The van der Waals surface area contributed by atoms with Gasteiger partial charge in [-0.1, -0.05) is 11.8 Å². The van der Waals surface area contributed by atoms with Crippen LogP contribution in [0, 0.1) is 5.82 Å². The maximum atomic E-state index is 12.9. The highest BCUT2D eigenvalue weighted by molar-refractivity contribution is 7.99. The van der Waals surface area contributed by atoms with Gasteiger partial charge in [0.05, 0.1) is 5.75 Å². The molecule has 0 aliphatic rings. The molecule has 0 bridgehead atoms. The van der Waals surface area contributed by atoms with Gasteiger partial charge in [0.1, 0.15) is 5.82 Å². The van der Waals surface area contributed by atoms with Gasteiger partial charge in [-0.25, -0.2) is 9.07 Å². The van der Waals surface area contributed by atoms with Crippen molar-refractivity contribution in [3.63, 3.8) is 0 Å². The molecule has 0 saturated carbocycles. The molecule has 2 aromatic rings. The standard InChI is InChI=1S/C14H18FN5O2S/c1-22-8-2-7-17-12(21)9-23-14-19-18-13(20(14)16)10-3-5-11(15)6-4-10/h3-6H,2,7-9,16H2,1H3,(H,17,21). The van der Waals surface area contributed by atoms with Gasteiger partial charge in [0.25, 0.3) is 0 Å². The van der Waals surface area contributed by atoms with E-state index in [1.54, 1.807) is 19.2 Å². The average molecular weight is 339 g/mol. The van der Waals surface area contributed by atoms with Crippen molar-refractivity contribution in [3.8, 4) is 11.4 Å².